The van der Waals surface area contributed by atoms with Crippen molar-refractivity contribution in [2.75, 3.05) is 29.9 Å². The lowest BCUT2D eigenvalue weighted by atomic mass is 10.0. The van der Waals surface area contributed by atoms with E-state index in [1.54, 1.807) is 28.5 Å². The number of nitrogens with one attached hydrogen (secondary N) is 1. The van der Waals surface area contributed by atoms with E-state index in [2.05, 4.69) is 21.4 Å². The number of fused-ring (bicyclic) bond motifs is 3. The highest BCUT2D eigenvalue weighted by atomic mass is 19.3. The van der Waals surface area contributed by atoms with E-state index in [1.807, 2.05) is 25.7 Å². The largest absolute Gasteiger partial charge is 0.363 e. The summed E-state index contributed by atoms with van der Waals surface area (Å²) in [6.07, 6.45) is 1.35. The lowest BCUT2D eigenvalue weighted by Crippen LogP contribution is -2.55. The van der Waals surface area contributed by atoms with Crippen molar-refractivity contribution in [3.8, 4) is 6.07 Å². The Morgan fingerprint density at radius 1 is 1.16 bits per heavy atom. The highest BCUT2D eigenvalue weighted by Crippen LogP contribution is 2.47. The number of benzene rings is 2. The van der Waals surface area contributed by atoms with Crippen LogP contribution < -0.4 is 10.2 Å². The molecule has 1 amide bonds. The number of nitriles is 1. The van der Waals surface area contributed by atoms with Crippen LogP contribution >= 0.6 is 0 Å². The van der Waals surface area contributed by atoms with Crippen molar-refractivity contribution in [2.24, 2.45) is 5.41 Å². The second-order valence-corrected chi connectivity index (χ2v) is 10.8. The minimum absolute atomic E-state index is 0.0449. The van der Waals surface area contributed by atoms with Gasteiger partial charge in [0.15, 0.2) is 0 Å². The topological polar surface area (TPSA) is 89.6 Å². The molecule has 43 heavy (non-hydrogen) atoms. The third-order valence-electron chi connectivity index (χ3n) is 8.12. The fourth-order valence-electron chi connectivity index (χ4n) is 5.65. The quantitative estimate of drug-likeness (QED) is 0.252. The molecule has 0 bridgehead atoms. The fourth-order valence-corrected chi connectivity index (χ4v) is 5.65. The van der Waals surface area contributed by atoms with E-state index < -0.39 is 35.1 Å². The lowest BCUT2D eigenvalue weighted by molar-refractivity contribution is -0.135. The Morgan fingerprint density at radius 2 is 1.88 bits per heavy atom. The van der Waals surface area contributed by atoms with Crippen molar-refractivity contribution in [2.45, 2.75) is 59.0 Å². The smallest absolute Gasteiger partial charge is 0.266 e. The highest BCUT2D eigenvalue weighted by Gasteiger charge is 2.53. The molecule has 0 spiro atoms. The molecule has 1 saturated carbocycles. The second kappa shape index (κ2) is 11.7. The maximum absolute atomic E-state index is 15.7. The summed E-state index contributed by atoms with van der Waals surface area (Å²) in [6, 6.07) is 8.06. The first-order valence-corrected chi connectivity index (χ1v) is 14.4. The number of halogens is 4. The number of carbonyl (C=O) groups is 1. The van der Waals surface area contributed by atoms with Crippen molar-refractivity contribution >= 4 is 34.1 Å². The molecule has 0 radical (unpaired) electrons. The van der Waals surface area contributed by atoms with Gasteiger partial charge in [0.1, 0.15) is 22.9 Å². The lowest BCUT2D eigenvalue weighted by Gasteiger charge is -2.42. The first kappa shape index (κ1) is 30.1. The molecule has 12 heteroatoms. The summed E-state index contributed by atoms with van der Waals surface area (Å²) in [4.78, 5) is 25.3. The number of hydrogen-bond acceptors (Lipinski definition) is 6. The monoisotopic (exact) mass is 595 g/mol. The zero-order valence-electron chi connectivity index (χ0n) is 24.4. The molecule has 2 fully saturated rings. The SMILES string of the molecule is CC.CC(Nc1nc2nccn2c2cc(F)c(N3CCN(C(=O)C4(C#N)CC4)CC3C)cc12)c1cccc(C(F)F)c1F. The standard InChI is InChI=1S/C29H27F4N7O.C2H6/c1-16-14-38(27(41)29(15-34)6-7-29)10-11-39(16)23-12-20-22(13-21(23)30)40-9-8-35-28(40)37-26(20)36-17(2)18-4-3-5-19(24(18)31)25(32)33;1-2/h3-5,8-9,12-13,16-17,25H,6-7,10-11,14H2,1-2H3,(H,35,36,37);1-2H3. The molecule has 226 valence electrons. The normalized spacial score (nSPS) is 18.3. The number of aromatic nitrogens is 3. The Morgan fingerprint density at radius 3 is 2.53 bits per heavy atom. The second-order valence-electron chi connectivity index (χ2n) is 10.8. The van der Waals surface area contributed by atoms with Crippen molar-refractivity contribution in [1.29, 1.82) is 5.26 Å². The molecule has 3 heterocycles. The molecule has 1 N–H and O–H groups in total. The number of imidazole rings is 1. The van der Waals surface area contributed by atoms with Gasteiger partial charge in [0.2, 0.25) is 11.7 Å². The molecule has 1 saturated heterocycles. The van der Waals surface area contributed by atoms with Gasteiger partial charge in [-0.2, -0.15) is 10.2 Å². The summed E-state index contributed by atoms with van der Waals surface area (Å²) >= 11 is 0. The number of alkyl halides is 2. The summed E-state index contributed by atoms with van der Waals surface area (Å²) in [7, 11) is 0. The third kappa shape index (κ3) is 5.32. The number of hydrogen-bond donors (Lipinski definition) is 1. The molecule has 2 aliphatic rings. The molecule has 2 aromatic carbocycles. The van der Waals surface area contributed by atoms with Crippen LogP contribution in [-0.2, 0) is 4.79 Å². The van der Waals surface area contributed by atoms with Crippen molar-refractivity contribution in [3.05, 3.63) is 65.5 Å². The van der Waals surface area contributed by atoms with Crippen molar-refractivity contribution < 1.29 is 22.4 Å². The van der Waals surface area contributed by atoms with Gasteiger partial charge in [0.05, 0.1) is 28.9 Å². The van der Waals surface area contributed by atoms with Gasteiger partial charge in [-0.3, -0.25) is 9.20 Å². The highest BCUT2D eigenvalue weighted by molar-refractivity contribution is 5.94. The van der Waals surface area contributed by atoms with E-state index in [-0.39, 0.29) is 23.3 Å². The molecular formula is C31H33F4N7O. The number of nitrogens with zero attached hydrogens (tertiary/aromatic N) is 6. The van der Waals surface area contributed by atoms with Crippen LogP contribution in [0.25, 0.3) is 16.7 Å². The van der Waals surface area contributed by atoms with Gasteiger partial charge in [-0.15, -0.1) is 0 Å². The van der Waals surface area contributed by atoms with E-state index in [0.717, 1.165) is 6.07 Å². The third-order valence-corrected chi connectivity index (χ3v) is 8.12. The molecule has 4 aromatic rings. The molecule has 8 nitrogen and oxygen atoms in total. The molecule has 2 unspecified atom stereocenters. The van der Waals surface area contributed by atoms with E-state index in [4.69, 9.17) is 0 Å². The first-order chi connectivity index (χ1) is 20.6. The Bertz CT molecular complexity index is 1710. The van der Waals surface area contributed by atoms with Gasteiger partial charge in [0, 0.05) is 55.1 Å². The maximum atomic E-state index is 15.7. The molecule has 1 aliphatic carbocycles. The van der Waals surface area contributed by atoms with Crippen LogP contribution in [0.2, 0.25) is 0 Å². The average molecular weight is 596 g/mol. The summed E-state index contributed by atoms with van der Waals surface area (Å²) in [5.74, 6) is -1.06. The van der Waals surface area contributed by atoms with E-state index in [0.29, 0.717) is 54.9 Å². The molecule has 6 rings (SSSR count). The average Bonchev–Trinajstić information content (AvgIpc) is 3.66. The summed E-state index contributed by atoms with van der Waals surface area (Å²) in [6.45, 7) is 8.59. The number of carbonyl (C=O) groups excluding carboxylic acids is 1. The Hall–Kier alpha value is -4.40. The van der Waals surface area contributed by atoms with E-state index in [9.17, 15) is 23.2 Å². The van der Waals surface area contributed by atoms with Gasteiger partial charge in [-0.1, -0.05) is 32.0 Å². The predicted molar refractivity (Wildman–Crippen MR) is 156 cm³/mol. The van der Waals surface area contributed by atoms with Crippen molar-refractivity contribution in [3.63, 3.8) is 0 Å². The van der Waals surface area contributed by atoms with Gasteiger partial charge in [0.25, 0.3) is 6.43 Å². The van der Waals surface area contributed by atoms with Crippen LogP contribution in [0.1, 0.15) is 64.1 Å². The summed E-state index contributed by atoms with van der Waals surface area (Å²) in [5, 5.41) is 13.1. The Labute approximate surface area is 246 Å². The summed E-state index contributed by atoms with van der Waals surface area (Å²) in [5.41, 5.74) is -0.777. The van der Waals surface area contributed by atoms with Gasteiger partial charge < -0.3 is 15.1 Å². The van der Waals surface area contributed by atoms with Gasteiger partial charge in [-0.05, 0) is 32.8 Å². The van der Waals surface area contributed by atoms with Crippen LogP contribution in [-0.4, -0.2) is 50.9 Å². The minimum Gasteiger partial charge on any atom is -0.363 e. The zero-order chi connectivity index (χ0) is 31.1. The molecule has 1 aliphatic heterocycles. The van der Waals surface area contributed by atoms with E-state index >= 15 is 4.39 Å². The van der Waals surface area contributed by atoms with Crippen LogP contribution in [0, 0.1) is 28.4 Å². The van der Waals surface area contributed by atoms with E-state index in [1.165, 1.54) is 24.4 Å². The number of piperazine rings is 1. The van der Waals surface area contributed by atoms with Gasteiger partial charge >= 0.3 is 0 Å². The first-order valence-electron chi connectivity index (χ1n) is 14.4. The van der Waals surface area contributed by atoms with Crippen LogP contribution in [0.5, 0.6) is 0 Å². The Kier molecular flexibility index (Phi) is 8.18. The molecule has 2 atom stereocenters. The molecular weight excluding hydrogens is 562 g/mol. The van der Waals surface area contributed by atoms with Crippen LogP contribution in [0.4, 0.5) is 29.1 Å². The summed E-state index contributed by atoms with van der Waals surface area (Å²) < 4.78 is 58.9. The zero-order valence-corrected chi connectivity index (χ0v) is 24.4. The minimum atomic E-state index is -2.96. The Balaban J connectivity index is 0.00000180. The molecule has 2 aromatic heterocycles. The van der Waals surface area contributed by atoms with Gasteiger partial charge in [-0.25, -0.2) is 22.5 Å². The number of rotatable bonds is 6. The van der Waals surface area contributed by atoms with Crippen LogP contribution in [0.3, 0.4) is 0 Å². The number of amides is 1. The maximum Gasteiger partial charge on any atom is 0.266 e. The van der Waals surface area contributed by atoms with Crippen molar-refractivity contribution in [1.82, 2.24) is 19.3 Å². The van der Waals surface area contributed by atoms with Crippen LogP contribution in [0.15, 0.2) is 42.7 Å². The fraction of sp³-hybridized carbons (Fsp3) is 0.419. The number of anilines is 2. The predicted octanol–water partition coefficient (Wildman–Crippen LogP) is 6.64.